The van der Waals surface area contributed by atoms with Crippen LogP contribution in [0.5, 0.6) is 0 Å². The van der Waals surface area contributed by atoms with Gasteiger partial charge in [0.1, 0.15) is 0 Å². The molecule has 6 rings (SSSR count). The van der Waals surface area contributed by atoms with Gasteiger partial charge >= 0.3 is 0 Å². The number of hydrogen-bond donors (Lipinski definition) is 0. The van der Waals surface area contributed by atoms with Crippen molar-refractivity contribution in [2.24, 2.45) is 5.92 Å². The molecule has 5 heterocycles. The van der Waals surface area contributed by atoms with E-state index in [-0.39, 0.29) is 11.2 Å². The van der Waals surface area contributed by atoms with Crippen LogP contribution in [0.3, 0.4) is 0 Å². The SMILES string of the molecule is CC(C)c1ccc(N2CC(CN(C)Cc3nc(C(C)C)ccc3N3CCOC4(CC4)C3)C[C@]3(CN(C)CCO3)C2)cn1. The number of pyridine rings is 2. The average molecular weight is 577 g/mol. The summed E-state index contributed by atoms with van der Waals surface area (Å²) < 4.78 is 12.8. The van der Waals surface area contributed by atoms with Crippen LogP contribution in [0.4, 0.5) is 11.4 Å². The zero-order chi connectivity index (χ0) is 29.5. The van der Waals surface area contributed by atoms with Crippen LogP contribution < -0.4 is 9.80 Å². The number of hydrogen-bond acceptors (Lipinski definition) is 8. The van der Waals surface area contributed by atoms with Crippen LogP contribution in [0.25, 0.3) is 0 Å². The van der Waals surface area contributed by atoms with Gasteiger partial charge in [-0.15, -0.1) is 0 Å². The molecule has 1 aliphatic carbocycles. The van der Waals surface area contributed by atoms with Crippen LogP contribution in [-0.4, -0.2) is 104 Å². The maximum absolute atomic E-state index is 6.63. The third kappa shape index (κ3) is 6.62. The number of nitrogens with zero attached hydrogens (tertiary/aromatic N) is 6. The number of aromatic nitrogens is 2. The molecule has 1 unspecified atom stereocenters. The maximum Gasteiger partial charge on any atom is 0.0986 e. The van der Waals surface area contributed by atoms with Crippen molar-refractivity contribution in [1.82, 2.24) is 19.8 Å². The quantitative estimate of drug-likeness (QED) is 0.446. The number of morpholine rings is 2. The molecule has 2 atom stereocenters. The van der Waals surface area contributed by atoms with Crippen molar-refractivity contribution in [3.63, 3.8) is 0 Å². The molecule has 0 radical (unpaired) electrons. The fourth-order valence-corrected chi connectivity index (χ4v) is 7.37. The van der Waals surface area contributed by atoms with E-state index in [1.807, 2.05) is 0 Å². The number of ether oxygens (including phenoxy) is 2. The minimum absolute atomic E-state index is 0.0907. The Kier molecular flexibility index (Phi) is 8.53. The lowest BCUT2D eigenvalue weighted by molar-refractivity contribution is -0.118. The van der Waals surface area contributed by atoms with E-state index in [0.29, 0.717) is 17.8 Å². The first-order chi connectivity index (χ1) is 20.1. The highest BCUT2D eigenvalue weighted by Crippen LogP contribution is 2.43. The van der Waals surface area contributed by atoms with Gasteiger partial charge in [-0.1, -0.05) is 27.7 Å². The summed E-state index contributed by atoms with van der Waals surface area (Å²) in [5.41, 5.74) is 5.96. The molecule has 3 aliphatic heterocycles. The van der Waals surface area contributed by atoms with Gasteiger partial charge in [-0.2, -0.15) is 0 Å². The van der Waals surface area contributed by atoms with E-state index in [1.165, 1.54) is 35.6 Å². The summed E-state index contributed by atoms with van der Waals surface area (Å²) in [6, 6.07) is 9.01. The summed E-state index contributed by atoms with van der Waals surface area (Å²) in [6.07, 6.45) is 5.52. The van der Waals surface area contributed by atoms with Crippen molar-refractivity contribution in [2.75, 3.05) is 82.9 Å². The third-order valence-corrected chi connectivity index (χ3v) is 9.73. The molecule has 3 saturated heterocycles. The molecule has 8 heteroatoms. The average Bonchev–Trinajstić information content (AvgIpc) is 3.70. The normalized spacial score (nSPS) is 26.3. The van der Waals surface area contributed by atoms with E-state index in [2.05, 4.69) is 91.9 Å². The Hall–Kier alpha value is -2.26. The Bertz CT molecular complexity index is 1220. The van der Waals surface area contributed by atoms with Gasteiger partial charge < -0.3 is 29.1 Å². The van der Waals surface area contributed by atoms with Crippen LogP contribution in [0.2, 0.25) is 0 Å². The number of rotatable bonds is 8. The molecule has 4 aliphatic rings. The van der Waals surface area contributed by atoms with Gasteiger partial charge in [-0.25, -0.2) is 0 Å². The molecule has 4 fully saturated rings. The lowest BCUT2D eigenvalue weighted by atomic mass is 9.83. The van der Waals surface area contributed by atoms with E-state index < -0.39 is 0 Å². The summed E-state index contributed by atoms with van der Waals surface area (Å²) in [7, 11) is 4.50. The number of likely N-dealkylation sites (N-methyl/N-ethyl adjacent to an activating group) is 1. The number of piperidine rings is 1. The monoisotopic (exact) mass is 576 g/mol. The molecule has 2 spiro atoms. The first-order valence-corrected chi connectivity index (χ1v) is 16.2. The Morgan fingerprint density at radius 1 is 0.905 bits per heavy atom. The van der Waals surface area contributed by atoms with Crippen molar-refractivity contribution < 1.29 is 9.47 Å². The molecule has 0 amide bonds. The Morgan fingerprint density at radius 3 is 2.31 bits per heavy atom. The van der Waals surface area contributed by atoms with Gasteiger partial charge in [0.05, 0.1) is 47.7 Å². The molecular weight excluding hydrogens is 524 g/mol. The van der Waals surface area contributed by atoms with E-state index in [4.69, 9.17) is 19.4 Å². The van der Waals surface area contributed by atoms with Crippen molar-refractivity contribution in [3.05, 3.63) is 47.5 Å². The number of anilines is 2. The lowest BCUT2D eigenvalue weighted by Gasteiger charge is -2.51. The second-order valence-corrected chi connectivity index (χ2v) is 14.3. The topological polar surface area (TPSA) is 57.2 Å². The summed E-state index contributed by atoms with van der Waals surface area (Å²) in [6.45, 7) is 18.2. The predicted octanol–water partition coefficient (Wildman–Crippen LogP) is 4.75. The highest BCUT2D eigenvalue weighted by atomic mass is 16.5. The smallest absolute Gasteiger partial charge is 0.0986 e. The standard InChI is InChI=1S/C34H52N6O2/c1-25(2)29-8-7-28(18-35-29)40-20-27(17-34(24-40)22-37(5)13-15-42-34)19-38(6)21-31-32(10-9-30(36-31)26(3)4)39-14-16-41-33(23-39)11-12-33/h7-10,18,25-27H,11-17,19-24H2,1-6H3/t27?,34-/m0/s1. The van der Waals surface area contributed by atoms with Crippen LogP contribution in [0.1, 0.15) is 75.9 Å². The summed E-state index contributed by atoms with van der Waals surface area (Å²) >= 11 is 0. The van der Waals surface area contributed by atoms with E-state index in [0.717, 1.165) is 77.7 Å². The van der Waals surface area contributed by atoms with Crippen LogP contribution in [0.15, 0.2) is 30.5 Å². The van der Waals surface area contributed by atoms with Gasteiger partial charge in [-0.3, -0.25) is 9.97 Å². The molecule has 0 N–H and O–H groups in total. The lowest BCUT2D eigenvalue weighted by Crippen LogP contribution is -2.62. The highest BCUT2D eigenvalue weighted by molar-refractivity contribution is 5.53. The predicted molar refractivity (Wildman–Crippen MR) is 170 cm³/mol. The Balaban J connectivity index is 1.21. The van der Waals surface area contributed by atoms with Gasteiger partial charge in [-0.05, 0) is 75.4 Å². The summed E-state index contributed by atoms with van der Waals surface area (Å²) in [5, 5.41) is 0. The third-order valence-electron chi connectivity index (χ3n) is 9.73. The van der Waals surface area contributed by atoms with Crippen LogP contribution >= 0.6 is 0 Å². The zero-order valence-electron chi connectivity index (χ0n) is 26.8. The fraction of sp³-hybridized carbons (Fsp3) is 0.706. The second kappa shape index (κ2) is 12.0. The van der Waals surface area contributed by atoms with Crippen LogP contribution in [0, 0.1) is 5.92 Å². The molecule has 230 valence electrons. The van der Waals surface area contributed by atoms with E-state index in [1.54, 1.807) is 0 Å². The van der Waals surface area contributed by atoms with E-state index in [9.17, 15) is 0 Å². The van der Waals surface area contributed by atoms with Crippen molar-refractivity contribution in [3.8, 4) is 0 Å². The highest BCUT2D eigenvalue weighted by Gasteiger charge is 2.48. The van der Waals surface area contributed by atoms with Crippen molar-refractivity contribution in [1.29, 1.82) is 0 Å². The largest absolute Gasteiger partial charge is 0.371 e. The van der Waals surface area contributed by atoms with Gasteiger partial charge in [0.15, 0.2) is 0 Å². The van der Waals surface area contributed by atoms with Gasteiger partial charge in [0.25, 0.3) is 0 Å². The zero-order valence-corrected chi connectivity index (χ0v) is 26.8. The molecule has 0 bridgehead atoms. The molecular formula is C34H52N6O2. The molecule has 1 saturated carbocycles. The Morgan fingerprint density at radius 2 is 1.62 bits per heavy atom. The molecule has 42 heavy (non-hydrogen) atoms. The minimum Gasteiger partial charge on any atom is -0.371 e. The van der Waals surface area contributed by atoms with Gasteiger partial charge in [0.2, 0.25) is 0 Å². The second-order valence-electron chi connectivity index (χ2n) is 14.3. The minimum atomic E-state index is -0.152. The summed E-state index contributed by atoms with van der Waals surface area (Å²) in [5.74, 6) is 1.32. The molecule has 2 aromatic rings. The fourth-order valence-electron chi connectivity index (χ4n) is 7.37. The van der Waals surface area contributed by atoms with Gasteiger partial charge in [0, 0.05) is 63.7 Å². The molecule has 8 nitrogen and oxygen atoms in total. The first-order valence-electron chi connectivity index (χ1n) is 16.2. The maximum atomic E-state index is 6.63. The Labute approximate surface area is 253 Å². The van der Waals surface area contributed by atoms with Crippen molar-refractivity contribution >= 4 is 11.4 Å². The first kappa shape index (κ1) is 29.8. The van der Waals surface area contributed by atoms with E-state index >= 15 is 0 Å². The van der Waals surface area contributed by atoms with Crippen LogP contribution in [-0.2, 0) is 16.0 Å². The molecule has 2 aromatic heterocycles. The summed E-state index contributed by atoms with van der Waals surface area (Å²) in [4.78, 5) is 20.1. The molecule has 0 aromatic carbocycles. The van der Waals surface area contributed by atoms with Crippen molar-refractivity contribution in [2.45, 2.75) is 76.5 Å².